The summed E-state index contributed by atoms with van der Waals surface area (Å²) in [4.78, 5) is 28.9. The number of unbranched alkanes of at least 4 members (excludes halogenated alkanes) is 1. The van der Waals surface area contributed by atoms with Crippen LogP contribution in [0, 0.1) is 0 Å². The molecule has 0 aromatic heterocycles. The average Bonchev–Trinajstić information content (AvgIpc) is 2.95. The van der Waals surface area contributed by atoms with Gasteiger partial charge >= 0.3 is 0 Å². The first-order valence-corrected chi connectivity index (χ1v) is 10.5. The fourth-order valence-electron chi connectivity index (χ4n) is 2.97. The third-order valence-electron chi connectivity index (χ3n) is 4.44. The van der Waals surface area contributed by atoms with Crippen molar-refractivity contribution in [2.75, 3.05) is 13.2 Å². The summed E-state index contributed by atoms with van der Waals surface area (Å²) in [5.74, 6) is 0.357. The van der Waals surface area contributed by atoms with Crippen LogP contribution in [0.25, 0.3) is 5.57 Å². The Bertz CT molecular complexity index is 859. The zero-order chi connectivity index (χ0) is 19.9. The molecular formula is C23H25NO3S. The highest BCUT2D eigenvalue weighted by molar-refractivity contribution is 8.04. The second-order valence-corrected chi connectivity index (χ2v) is 7.69. The molecule has 3 rings (SSSR count). The molecule has 2 aromatic carbocycles. The normalized spacial score (nSPS) is 14.1. The topological polar surface area (TPSA) is 46.6 Å². The van der Waals surface area contributed by atoms with Crippen LogP contribution in [0.2, 0.25) is 0 Å². The number of hydrogen-bond acceptors (Lipinski definition) is 4. The molecule has 146 valence electrons. The number of rotatable bonds is 9. The van der Waals surface area contributed by atoms with Crippen LogP contribution in [-0.4, -0.2) is 29.9 Å². The van der Waals surface area contributed by atoms with Crippen molar-refractivity contribution in [1.82, 2.24) is 4.90 Å². The van der Waals surface area contributed by atoms with Crippen molar-refractivity contribution in [2.24, 2.45) is 0 Å². The van der Waals surface area contributed by atoms with Crippen LogP contribution >= 0.6 is 11.8 Å². The lowest BCUT2D eigenvalue weighted by Crippen LogP contribution is -2.32. The second kappa shape index (κ2) is 9.60. The van der Waals surface area contributed by atoms with E-state index in [4.69, 9.17) is 4.74 Å². The standard InChI is InChI=1S/C23H25NO3S/c1-3-5-15-24-22(25)20(17-11-13-18(14-12-17)27-16-4-2)21(23(24)26)28-19-9-7-6-8-10-19/h6-14H,3-5,15-16H2,1-2H3. The van der Waals surface area contributed by atoms with E-state index in [9.17, 15) is 9.59 Å². The van der Waals surface area contributed by atoms with Gasteiger partial charge < -0.3 is 4.74 Å². The van der Waals surface area contributed by atoms with Crippen LogP contribution in [0.4, 0.5) is 0 Å². The molecule has 28 heavy (non-hydrogen) atoms. The highest BCUT2D eigenvalue weighted by Crippen LogP contribution is 2.40. The Labute approximate surface area is 170 Å². The van der Waals surface area contributed by atoms with Gasteiger partial charge in [0.25, 0.3) is 11.8 Å². The van der Waals surface area contributed by atoms with Gasteiger partial charge in [-0.25, -0.2) is 0 Å². The van der Waals surface area contributed by atoms with Gasteiger partial charge in [-0.1, -0.05) is 62.4 Å². The number of amides is 2. The van der Waals surface area contributed by atoms with E-state index in [2.05, 4.69) is 6.92 Å². The van der Waals surface area contributed by atoms with Crippen LogP contribution in [0.5, 0.6) is 5.75 Å². The predicted molar refractivity (Wildman–Crippen MR) is 113 cm³/mol. The van der Waals surface area contributed by atoms with Crippen LogP contribution in [0.15, 0.2) is 64.4 Å². The van der Waals surface area contributed by atoms with E-state index in [1.54, 1.807) is 0 Å². The van der Waals surface area contributed by atoms with E-state index < -0.39 is 0 Å². The lowest BCUT2D eigenvalue weighted by molar-refractivity contribution is -0.136. The number of nitrogens with zero attached hydrogens (tertiary/aromatic N) is 1. The Balaban J connectivity index is 1.95. The van der Waals surface area contributed by atoms with Crippen molar-refractivity contribution in [3.63, 3.8) is 0 Å². The van der Waals surface area contributed by atoms with Gasteiger partial charge in [0.2, 0.25) is 0 Å². The van der Waals surface area contributed by atoms with Crippen molar-refractivity contribution in [3.8, 4) is 5.75 Å². The lowest BCUT2D eigenvalue weighted by atomic mass is 10.1. The number of carbonyl (C=O) groups is 2. The molecule has 1 aliphatic heterocycles. The number of benzene rings is 2. The van der Waals surface area contributed by atoms with Crippen LogP contribution in [-0.2, 0) is 9.59 Å². The lowest BCUT2D eigenvalue weighted by Gasteiger charge is -2.14. The number of thioether (sulfide) groups is 1. The minimum Gasteiger partial charge on any atom is -0.494 e. The van der Waals surface area contributed by atoms with E-state index in [1.165, 1.54) is 16.7 Å². The van der Waals surface area contributed by atoms with Crippen molar-refractivity contribution >= 4 is 29.1 Å². The fourth-order valence-corrected chi connectivity index (χ4v) is 4.00. The van der Waals surface area contributed by atoms with Crippen LogP contribution in [0.1, 0.15) is 38.7 Å². The molecule has 2 aromatic rings. The zero-order valence-electron chi connectivity index (χ0n) is 16.3. The summed E-state index contributed by atoms with van der Waals surface area (Å²) in [5.41, 5.74) is 1.23. The summed E-state index contributed by atoms with van der Waals surface area (Å²) in [6.45, 7) is 5.21. The van der Waals surface area contributed by atoms with Gasteiger partial charge in [0.05, 0.1) is 17.1 Å². The van der Waals surface area contributed by atoms with E-state index >= 15 is 0 Å². The van der Waals surface area contributed by atoms with Crippen LogP contribution in [0.3, 0.4) is 0 Å². The molecule has 0 aliphatic carbocycles. The number of carbonyl (C=O) groups excluding carboxylic acids is 2. The van der Waals surface area contributed by atoms with Crippen molar-refractivity contribution in [1.29, 1.82) is 0 Å². The van der Waals surface area contributed by atoms with Crippen molar-refractivity contribution in [3.05, 3.63) is 65.1 Å². The molecule has 0 saturated carbocycles. The molecular weight excluding hydrogens is 370 g/mol. The Morgan fingerprint density at radius 2 is 1.61 bits per heavy atom. The predicted octanol–water partition coefficient (Wildman–Crippen LogP) is 5.15. The molecule has 1 aliphatic rings. The summed E-state index contributed by atoms with van der Waals surface area (Å²) in [6.07, 6.45) is 2.67. The van der Waals surface area contributed by atoms with Gasteiger partial charge in [0.1, 0.15) is 5.75 Å². The minimum absolute atomic E-state index is 0.200. The number of hydrogen-bond donors (Lipinski definition) is 0. The largest absolute Gasteiger partial charge is 0.494 e. The molecule has 0 spiro atoms. The Morgan fingerprint density at radius 1 is 0.893 bits per heavy atom. The quantitative estimate of drug-likeness (QED) is 0.551. The monoisotopic (exact) mass is 395 g/mol. The summed E-state index contributed by atoms with van der Waals surface area (Å²) in [6, 6.07) is 17.1. The highest BCUT2D eigenvalue weighted by Gasteiger charge is 2.38. The molecule has 0 N–H and O–H groups in total. The van der Waals surface area contributed by atoms with E-state index in [0.29, 0.717) is 23.6 Å². The van der Waals surface area contributed by atoms with E-state index in [0.717, 1.165) is 35.5 Å². The summed E-state index contributed by atoms with van der Waals surface area (Å²) < 4.78 is 5.63. The summed E-state index contributed by atoms with van der Waals surface area (Å²) >= 11 is 1.36. The van der Waals surface area contributed by atoms with E-state index in [1.807, 2.05) is 61.5 Å². The smallest absolute Gasteiger partial charge is 0.268 e. The fraction of sp³-hybridized carbons (Fsp3) is 0.304. The first-order valence-electron chi connectivity index (χ1n) is 9.72. The zero-order valence-corrected chi connectivity index (χ0v) is 17.1. The van der Waals surface area contributed by atoms with Gasteiger partial charge in [-0.15, -0.1) is 0 Å². The molecule has 0 unspecified atom stereocenters. The van der Waals surface area contributed by atoms with Gasteiger partial charge in [-0.05, 0) is 42.7 Å². The van der Waals surface area contributed by atoms with Crippen LogP contribution < -0.4 is 4.74 Å². The van der Waals surface area contributed by atoms with Gasteiger partial charge in [0.15, 0.2) is 0 Å². The first kappa shape index (κ1) is 20.2. The summed E-state index contributed by atoms with van der Waals surface area (Å²) in [5, 5.41) is 0. The third-order valence-corrected chi connectivity index (χ3v) is 5.53. The molecule has 4 nitrogen and oxygen atoms in total. The molecule has 0 saturated heterocycles. The van der Waals surface area contributed by atoms with Crippen molar-refractivity contribution in [2.45, 2.75) is 38.0 Å². The molecule has 0 fully saturated rings. The SMILES string of the molecule is CCCCN1C(=O)C(Sc2ccccc2)=C(c2ccc(OCCC)cc2)C1=O. The van der Waals surface area contributed by atoms with E-state index in [-0.39, 0.29) is 11.8 Å². The maximum Gasteiger partial charge on any atom is 0.268 e. The second-order valence-electron chi connectivity index (χ2n) is 6.61. The van der Waals surface area contributed by atoms with Gasteiger partial charge in [0, 0.05) is 11.4 Å². The first-order chi connectivity index (χ1) is 13.7. The minimum atomic E-state index is -0.209. The molecule has 1 heterocycles. The molecule has 5 heteroatoms. The third kappa shape index (κ3) is 4.47. The van der Waals surface area contributed by atoms with Gasteiger partial charge in [-0.2, -0.15) is 0 Å². The Kier molecular flexibility index (Phi) is 6.93. The highest BCUT2D eigenvalue weighted by atomic mass is 32.2. The number of ether oxygens (including phenoxy) is 1. The maximum atomic E-state index is 13.1. The maximum absolute atomic E-state index is 13.1. The van der Waals surface area contributed by atoms with Gasteiger partial charge in [-0.3, -0.25) is 14.5 Å². The molecule has 0 radical (unpaired) electrons. The van der Waals surface area contributed by atoms with Crippen molar-refractivity contribution < 1.29 is 14.3 Å². The average molecular weight is 396 g/mol. The Morgan fingerprint density at radius 3 is 2.25 bits per heavy atom. The summed E-state index contributed by atoms with van der Waals surface area (Å²) in [7, 11) is 0. The number of imide groups is 1. The molecule has 0 atom stereocenters. The molecule has 0 bridgehead atoms. The molecule has 2 amide bonds. The Hall–Kier alpha value is -2.53.